The highest BCUT2D eigenvalue weighted by Gasteiger charge is 2.39. The first-order chi connectivity index (χ1) is 12.5. The van der Waals surface area contributed by atoms with Crippen molar-refractivity contribution in [3.05, 3.63) is 59.7 Å². The van der Waals surface area contributed by atoms with Gasteiger partial charge in [0, 0.05) is 34.8 Å². The zero-order valence-electron chi connectivity index (χ0n) is 14.1. The number of nitrogen functional groups attached to an aromatic ring is 1. The highest BCUT2D eigenvalue weighted by Crippen LogP contribution is 2.45. The van der Waals surface area contributed by atoms with E-state index in [1.165, 1.54) is 17.8 Å². The Bertz CT molecular complexity index is 760. The number of rotatable bonds is 4. The average Bonchev–Trinajstić information content (AvgIpc) is 2.66. The Morgan fingerprint density at radius 2 is 2.08 bits per heavy atom. The fourth-order valence-electron chi connectivity index (χ4n) is 2.75. The monoisotopic (exact) mass is 410 g/mol. The van der Waals surface area contributed by atoms with E-state index in [2.05, 4.69) is 0 Å². The van der Waals surface area contributed by atoms with Gasteiger partial charge >= 0.3 is 0 Å². The second kappa shape index (κ2) is 8.53. The van der Waals surface area contributed by atoms with E-state index in [-0.39, 0.29) is 11.2 Å². The molecule has 0 bridgehead atoms. The number of halogens is 2. The molecular weight excluding hydrogens is 391 g/mol. The van der Waals surface area contributed by atoms with Crippen molar-refractivity contribution in [1.29, 1.82) is 0 Å². The number of nitrogens with zero attached hydrogens (tertiary/aromatic N) is 1. The fraction of sp³-hybridized carbons (Fsp3) is 0.316. The van der Waals surface area contributed by atoms with Crippen LogP contribution in [0.5, 0.6) is 0 Å². The van der Waals surface area contributed by atoms with E-state index in [1.54, 1.807) is 17.1 Å². The highest BCUT2D eigenvalue weighted by molar-refractivity contribution is 8.00. The molecule has 4 nitrogen and oxygen atoms in total. The number of carbonyl (C=O) groups excluding carboxylic acids is 1. The summed E-state index contributed by atoms with van der Waals surface area (Å²) in [6.45, 7) is 2.28. The highest BCUT2D eigenvalue weighted by atomic mass is 35.5. The van der Waals surface area contributed by atoms with Crippen LogP contribution in [0.3, 0.4) is 0 Å². The van der Waals surface area contributed by atoms with Crippen LogP contribution in [-0.4, -0.2) is 47.2 Å². The molecule has 138 valence electrons. The topological polar surface area (TPSA) is 55.6 Å². The molecule has 1 aromatic carbocycles. The quantitative estimate of drug-likeness (QED) is 0.465. The van der Waals surface area contributed by atoms with Crippen LogP contribution < -0.4 is 5.73 Å². The van der Waals surface area contributed by atoms with E-state index < -0.39 is 4.87 Å². The summed E-state index contributed by atoms with van der Waals surface area (Å²) in [5.41, 5.74) is 6.74. The third-order valence-electron chi connectivity index (χ3n) is 4.27. The molecule has 2 aliphatic rings. The molecule has 2 atom stereocenters. The van der Waals surface area contributed by atoms with E-state index in [0.717, 1.165) is 4.90 Å². The number of allylic oxidation sites excluding steroid dienone is 4. The van der Waals surface area contributed by atoms with Gasteiger partial charge in [-0.15, -0.1) is 23.4 Å². The van der Waals surface area contributed by atoms with Crippen molar-refractivity contribution in [2.24, 2.45) is 0 Å². The van der Waals surface area contributed by atoms with E-state index in [1.807, 2.05) is 36.4 Å². The summed E-state index contributed by atoms with van der Waals surface area (Å²) < 4.78 is 5.28. The number of morpholine rings is 1. The fourth-order valence-corrected chi connectivity index (χ4v) is 4.58. The molecule has 1 amide bonds. The Labute approximate surface area is 167 Å². The molecule has 1 fully saturated rings. The summed E-state index contributed by atoms with van der Waals surface area (Å²) in [5, 5.41) is 0.278. The summed E-state index contributed by atoms with van der Waals surface area (Å²) in [6.07, 6.45) is 8.79. The molecule has 0 radical (unpaired) electrons. The molecule has 2 N–H and O–H groups in total. The molecule has 1 heterocycles. The van der Waals surface area contributed by atoms with Crippen LogP contribution in [0, 0.1) is 0 Å². The summed E-state index contributed by atoms with van der Waals surface area (Å²) in [4.78, 5) is 14.1. The predicted molar refractivity (Wildman–Crippen MR) is 109 cm³/mol. The van der Waals surface area contributed by atoms with E-state index in [4.69, 9.17) is 33.7 Å². The maximum absolute atomic E-state index is 12.4. The number of nitrogens with two attached hydrogens (primary N) is 1. The maximum Gasteiger partial charge on any atom is 0.246 e. The number of hydrogen-bond acceptors (Lipinski definition) is 4. The van der Waals surface area contributed by atoms with Crippen molar-refractivity contribution in [3.63, 3.8) is 0 Å². The van der Waals surface area contributed by atoms with Crippen molar-refractivity contribution >= 4 is 46.6 Å². The SMILES string of the molecule is Nc1ccccc1SC1C=CC=C(Cl)C1(Cl)/C=C/C(=O)N1CCOCC1. The van der Waals surface area contributed by atoms with Gasteiger partial charge in [0.2, 0.25) is 5.91 Å². The molecule has 3 rings (SSSR count). The standard InChI is InChI=1S/C19H20Cl2N2O2S/c20-16-6-3-7-17(26-15-5-2-1-4-14(15)22)19(16,21)9-8-18(24)23-10-12-25-13-11-23/h1-9,17H,10-13,22H2/b9-8+. The third-order valence-corrected chi connectivity index (χ3v) is 6.91. The normalized spacial score (nSPS) is 26.2. The first kappa shape index (κ1) is 19.4. The van der Waals surface area contributed by atoms with Gasteiger partial charge in [-0.2, -0.15) is 0 Å². The zero-order chi connectivity index (χ0) is 18.6. The number of benzene rings is 1. The van der Waals surface area contributed by atoms with Gasteiger partial charge in [-0.1, -0.05) is 42.0 Å². The molecule has 1 saturated heterocycles. The lowest BCUT2D eigenvalue weighted by molar-refractivity contribution is -0.130. The van der Waals surface area contributed by atoms with E-state index in [9.17, 15) is 4.79 Å². The van der Waals surface area contributed by atoms with E-state index >= 15 is 0 Å². The molecule has 1 aliphatic carbocycles. The maximum atomic E-state index is 12.4. The van der Waals surface area contributed by atoms with Crippen molar-refractivity contribution in [2.75, 3.05) is 32.0 Å². The molecule has 0 spiro atoms. The number of amides is 1. The lowest BCUT2D eigenvalue weighted by Crippen LogP contribution is -2.40. The first-order valence-electron chi connectivity index (χ1n) is 8.31. The van der Waals surface area contributed by atoms with Crippen molar-refractivity contribution in [2.45, 2.75) is 15.0 Å². The largest absolute Gasteiger partial charge is 0.398 e. The van der Waals surface area contributed by atoms with Crippen LogP contribution in [0.1, 0.15) is 0 Å². The number of carbonyl (C=O) groups is 1. The van der Waals surface area contributed by atoms with Crippen molar-refractivity contribution < 1.29 is 9.53 Å². The summed E-state index contributed by atoms with van der Waals surface area (Å²) in [5.74, 6) is -0.0877. The van der Waals surface area contributed by atoms with Crippen LogP contribution in [0.25, 0.3) is 0 Å². The Hall–Kier alpha value is -1.40. The first-order valence-corrected chi connectivity index (χ1v) is 9.94. The molecule has 7 heteroatoms. The van der Waals surface area contributed by atoms with Gasteiger partial charge in [0.1, 0.15) is 4.87 Å². The van der Waals surface area contributed by atoms with Gasteiger partial charge in [0.05, 0.1) is 18.5 Å². The van der Waals surface area contributed by atoms with Gasteiger partial charge < -0.3 is 15.4 Å². The lowest BCUT2D eigenvalue weighted by Gasteiger charge is -2.33. The number of para-hydroxylation sites is 1. The minimum atomic E-state index is -1.01. The minimum absolute atomic E-state index is 0.0877. The minimum Gasteiger partial charge on any atom is -0.398 e. The van der Waals surface area contributed by atoms with E-state index in [0.29, 0.717) is 37.0 Å². The molecular formula is C19H20Cl2N2O2S. The van der Waals surface area contributed by atoms with Crippen molar-refractivity contribution in [3.8, 4) is 0 Å². The zero-order valence-corrected chi connectivity index (χ0v) is 16.4. The van der Waals surface area contributed by atoms with Gasteiger partial charge in [0.15, 0.2) is 0 Å². The Morgan fingerprint density at radius 3 is 2.81 bits per heavy atom. The number of anilines is 1. The molecule has 26 heavy (non-hydrogen) atoms. The van der Waals surface area contributed by atoms with Gasteiger partial charge in [-0.05, 0) is 18.2 Å². The number of hydrogen-bond donors (Lipinski definition) is 1. The molecule has 0 saturated carbocycles. The van der Waals surface area contributed by atoms with Crippen LogP contribution in [0.4, 0.5) is 5.69 Å². The second-order valence-corrected chi connectivity index (χ2v) is 8.23. The number of alkyl halides is 1. The average molecular weight is 411 g/mol. The number of thioether (sulfide) groups is 1. The second-order valence-electron chi connectivity index (χ2n) is 6.01. The van der Waals surface area contributed by atoms with Crippen molar-refractivity contribution in [1.82, 2.24) is 4.90 Å². The summed E-state index contributed by atoms with van der Waals surface area (Å²) in [7, 11) is 0. The van der Waals surface area contributed by atoms with Gasteiger partial charge in [-0.3, -0.25) is 4.79 Å². The predicted octanol–water partition coefficient (Wildman–Crippen LogP) is 3.81. The number of ether oxygens (including phenoxy) is 1. The Kier molecular flexibility index (Phi) is 6.35. The van der Waals surface area contributed by atoms with Gasteiger partial charge in [0.25, 0.3) is 0 Å². The lowest BCUT2D eigenvalue weighted by atomic mass is 9.98. The Morgan fingerprint density at radius 1 is 1.35 bits per heavy atom. The molecule has 0 aromatic heterocycles. The summed E-state index contributed by atoms with van der Waals surface area (Å²) in [6, 6.07) is 7.61. The van der Waals surface area contributed by atoms with Crippen LogP contribution >= 0.6 is 35.0 Å². The summed E-state index contributed by atoms with van der Waals surface area (Å²) >= 11 is 14.8. The molecule has 1 aromatic rings. The molecule has 2 unspecified atom stereocenters. The smallest absolute Gasteiger partial charge is 0.246 e. The molecule has 1 aliphatic heterocycles. The van der Waals surface area contributed by atoms with Crippen LogP contribution in [-0.2, 0) is 9.53 Å². The van der Waals surface area contributed by atoms with Gasteiger partial charge in [-0.25, -0.2) is 0 Å². The Balaban J connectivity index is 1.79. The van der Waals surface area contributed by atoms with Crippen LogP contribution in [0.15, 0.2) is 64.6 Å². The van der Waals surface area contributed by atoms with Crippen LogP contribution in [0.2, 0.25) is 0 Å². The third kappa shape index (κ3) is 4.29.